The lowest BCUT2D eigenvalue weighted by Crippen LogP contribution is -2.65. The molecule has 12 heteroatoms. The number of phosphoric acid groups is 1. The molecule has 2 N–H and O–H groups in total. The number of unbranched alkanes of at least 4 members (excludes halogenated alkanes) is 15. The van der Waals surface area contributed by atoms with Crippen molar-refractivity contribution in [2.75, 3.05) is 40.6 Å². The molecule has 0 aromatic rings. The fourth-order valence-electron chi connectivity index (χ4n) is 6.54. The van der Waals surface area contributed by atoms with Gasteiger partial charge >= 0.3 is 7.82 Å². The monoisotopic (exact) mass is 788 g/mol. The lowest BCUT2D eigenvalue weighted by atomic mass is 9.96. The third kappa shape index (κ3) is 23.6. The van der Waals surface area contributed by atoms with Crippen LogP contribution in [0.25, 0.3) is 0 Å². The minimum Gasteiger partial charge on any atom is -0.382 e. The number of rotatable bonds is 37. The minimum atomic E-state index is -4.21. The molecule has 0 aromatic carbocycles. The van der Waals surface area contributed by atoms with E-state index in [9.17, 15) is 14.5 Å². The number of nitrogens with one attached hydrogen (secondary N) is 1. The Kier molecular flexibility index (Phi) is 31.6. The maximum atomic E-state index is 13.8. The summed E-state index contributed by atoms with van der Waals surface area (Å²) in [6.45, 7) is 11.7. The molecule has 0 aromatic heterocycles. The highest BCUT2D eigenvalue weighted by Gasteiger charge is 2.51. The Morgan fingerprint density at radius 3 is 1.93 bits per heavy atom. The number of allylic oxidation sites excluding steroid dienone is 2. The van der Waals surface area contributed by atoms with Crippen molar-refractivity contribution < 1.29 is 47.0 Å². The molecule has 11 nitrogen and oxygen atoms in total. The molecule has 316 valence electrons. The Balaban J connectivity index is 2.86. The molecule has 6 atom stereocenters. The zero-order chi connectivity index (χ0) is 39.7. The second-order valence-electron chi connectivity index (χ2n) is 14.3. The van der Waals surface area contributed by atoms with Crippen molar-refractivity contribution in [3.8, 4) is 0 Å². The van der Waals surface area contributed by atoms with Crippen molar-refractivity contribution in [2.24, 2.45) is 0 Å². The summed E-state index contributed by atoms with van der Waals surface area (Å²) in [5.41, 5.74) is 0. The van der Waals surface area contributed by atoms with E-state index in [4.69, 9.17) is 32.5 Å². The van der Waals surface area contributed by atoms with Gasteiger partial charge in [-0.2, -0.15) is 0 Å². The Labute approximate surface area is 328 Å². The first-order valence-electron chi connectivity index (χ1n) is 21.0. The van der Waals surface area contributed by atoms with Gasteiger partial charge in [0.1, 0.15) is 24.4 Å². The van der Waals surface area contributed by atoms with Crippen LogP contribution < -0.4 is 5.32 Å². The molecule has 1 unspecified atom stereocenters. The predicted octanol–water partition coefficient (Wildman–Crippen LogP) is 9.92. The number of carbonyl (C=O) groups excluding carboxylic acids is 1. The first kappa shape index (κ1) is 50.6. The second kappa shape index (κ2) is 33.7. The highest BCUT2D eigenvalue weighted by Crippen LogP contribution is 2.52. The van der Waals surface area contributed by atoms with Crippen LogP contribution in [0.15, 0.2) is 37.5 Å². The van der Waals surface area contributed by atoms with Gasteiger partial charge in [0, 0.05) is 27.2 Å². The van der Waals surface area contributed by atoms with Gasteiger partial charge in [0.25, 0.3) is 0 Å². The Morgan fingerprint density at radius 2 is 1.35 bits per heavy atom. The molecule has 0 saturated carbocycles. The van der Waals surface area contributed by atoms with Crippen LogP contribution in [0, 0.1) is 0 Å². The van der Waals surface area contributed by atoms with Crippen molar-refractivity contribution in [2.45, 2.75) is 185 Å². The van der Waals surface area contributed by atoms with Crippen molar-refractivity contribution in [3.63, 3.8) is 0 Å². The van der Waals surface area contributed by atoms with Crippen LogP contribution in [0.4, 0.5) is 0 Å². The molecule has 1 heterocycles. The van der Waals surface area contributed by atoms with Gasteiger partial charge < -0.3 is 29.4 Å². The zero-order valence-electron chi connectivity index (χ0n) is 34.4. The molecule has 1 rings (SSSR count). The zero-order valence-corrected chi connectivity index (χ0v) is 35.3. The van der Waals surface area contributed by atoms with E-state index in [0.29, 0.717) is 12.8 Å². The molecule has 0 aliphatic carbocycles. The van der Waals surface area contributed by atoms with Crippen LogP contribution in [0.2, 0.25) is 0 Å². The van der Waals surface area contributed by atoms with Gasteiger partial charge in [-0.25, -0.2) is 4.57 Å². The number of amides is 1. The molecular formula is C42H78NO10P. The molecule has 1 amide bonds. The molecule has 54 heavy (non-hydrogen) atoms. The first-order valence-corrected chi connectivity index (χ1v) is 22.5. The number of methoxy groups -OCH3 is 2. The van der Waals surface area contributed by atoms with E-state index in [1.807, 2.05) is 0 Å². The van der Waals surface area contributed by atoms with Gasteiger partial charge in [-0.15, -0.1) is 13.2 Å². The fourth-order valence-corrected chi connectivity index (χ4v) is 7.86. The summed E-state index contributed by atoms with van der Waals surface area (Å²) in [5, 5.41) is 14.2. The van der Waals surface area contributed by atoms with E-state index in [-0.39, 0.29) is 38.4 Å². The lowest BCUT2D eigenvalue weighted by Gasteiger charge is -2.45. The summed E-state index contributed by atoms with van der Waals surface area (Å²) in [4.78, 5) is 13.3. The number of hydrogen-bond donors (Lipinski definition) is 2. The Hall–Kier alpha value is -1.40. The molecule has 0 radical (unpaired) electrons. The SMILES string of the molecule is C=CCOP(=O)(OCC=C)O[C@H]1[C@H](OCC[C@@H](CCCCCCC)OC)[C@@H](NC(=O)CCCCCCCCCC=CCCCCCC)C(O)O[C@@H]1COC. The second-order valence-corrected chi connectivity index (χ2v) is 15.9. The van der Waals surface area contributed by atoms with Gasteiger partial charge in [-0.3, -0.25) is 18.4 Å². The largest absolute Gasteiger partial charge is 0.475 e. The molecule has 1 saturated heterocycles. The smallest absolute Gasteiger partial charge is 0.382 e. The van der Waals surface area contributed by atoms with Crippen LogP contribution in [-0.4, -0.2) is 88.4 Å². The van der Waals surface area contributed by atoms with Crippen LogP contribution >= 0.6 is 7.82 Å². The van der Waals surface area contributed by atoms with Crippen LogP contribution in [0.1, 0.15) is 149 Å². The summed E-state index contributed by atoms with van der Waals surface area (Å²) in [6, 6.07) is -1.02. The number of phosphoric ester groups is 1. The highest BCUT2D eigenvalue weighted by molar-refractivity contribution is 7.48. The molecule has 1 aliphatic heterocycles. The van der Waals surface area contributed by atoms with Gasteiger partial charge in [0.05, 0.1) is 25.9 Å². The summed E-state index contributed by atoms with van der Waals surface area (Å²) in [5.74, 6) is -0.238. The Bertz CT molecular complexity index is 998. The third-order valence-electron chi connectivity index (χ3n) is 9.65. The van der Waals surface area contributed by atoms with Crippen molar-refractivity contribution >= 4 is 13.7 Å². The summed E-state index contributed by atoms with van der Waals surface area (Å²) in [7, 11) is -1.03. The van der Waals surface area contributed by atoms with E-state index in [0.717, 1.165) is 51.4 Å². The predicted molar refractivity (Wildman–Crippen MR) is 217 cm³/mol. The first-order chi connectivity index (χ1) is 26.3. The van der Waals surface area contributed by atoms with Gasteiger partial charge in [-0.1, -0.05) is 122 Å². The average Bonchev–Trinajstić information content (AvgIpc) is 3.16. The number of aliphatic hydroxyl groups excluding tert-OH is 1. The van der Waals surface area contributed by atoms with Gasteiger partial charge in [-0.05, 0) is 44.9 Å². The molecule has 1 fully saturated rings. The summed E-state index contributed by atoms with van der Waals surface area (Å²) < 4.78 is 54.4. The van der Waals surface area contributed by atoms with Gasteiger partial charge in [0.15, 0.2) is 6.29 Å². The molecule has 0 bridgehead atoms. The normalized spacial score (nSPS) is 21.0. The highest BCUT2D eigenvalue weighted by atomic mass is 31.2. The minimum absolute atomic E-state index is 0.0144. The topological polar surface area (TPSA) is 131 Å². The van der Waals surface area contributed by atoms with E-state index in [1.165, 1.54) is 89.9 Å². The standard InChI is InChI=1S/C42H78NO10P/c1-7-11-13-15-16-17-18-19-20-21-22-23-24-26-28-30-38(44)43-39-41(49-34-31-36(48-6)29-27-25-14-12-8-2)40(37(35-47-5)52-42(39)45)53-54(46,50-32-9-3)51-33-10-4/h9-10,17-18,36-37,39-42,45H,3-4,7-8,11-16,19-35H2,1-2,5-6H3,(H,43,44)/t36-,37-,39-,40-,41-,42?/m1/s1. The molecular weight excluding hydrogens is 709 g/mol. The number of carbonyl (C=O) groups is 1. The lowest BCUT2D eigenvalue weighted by molar-refractivity contribution is -0.261. The van der Waals surface area contributed by atoms with E-state index < -0.39 is 38.5 Å². The third-order valence-corrected chi connectivity index (χ3v) is 11.1. The maximum Gasteiger partial charge on any atom is 0.475 e. The molecule has 1 aliphatic rings. The Morgan fingerprint density at radius 1 is 0.796 bits per heavy atom. The quantitative estimate of drug-likeness (QED) is 0.0356. The molecule has 0 spiro atoms. The number of hydrogen-bond acceptors (Lipinski definition) is 10. The van der Waals surface area contributed by atoms with E-state index >= 15 is 0 Å². The van der Waals surface area contributed by atoms with Crippen molar-refractivity contribution in [3.05, 3.63) is 37.5 Å². The fraction of sp³-hybridized carbons (Fsp3) is 0.833. The van der Waals surface area contributed by atoms with E-state index in [1.54, 1.807) is 7.11 Å². The van der Waals surface area contributed by atoms with Crippen LogP contribution in [-0.2, 0) is 41.9 Å². The van der Waals surface area contributed by atoms with Gasteiger partial charge in [0.2, 0.25) is 5.91 Å². The van der Waals surface area contributed by atoms with E-state index in [2.05, 4.69) is 44.5 Å². The average molecular weight is 788 g/mol. The summed E-state index contributed by atoms with van der Waals surface area (Å²) in [6.07, 6.45) is 25.7. The maximum absolute atomic E-state index is 13.8. The van der Waals surface area contributed by atoms with Crippen molar-refractivity contribution in [1.29, 1.82) is 0 Å². The number of ether oxygens (including phenoxy) is 4. The van der Waals surface area contributed by atoms with Crippen LogP contribution in [0.3, 0.4) is 0 Å². The van der Waals surface area contributed by atoms with Crippen LogP contribution in [0.5, 0.6) is 0 Å². The number of aliphatic hydroxyl groups is 1. The summed E-state index contributed by atoms with van der Waals surface area (Å²) >= 11 is 0. The van der Waals surface area contributed by atoms with Crippen molar-refractivity contribution in [1.82, 2.24) is 5.32 Å².